The van der Waals surface area contributed by atoms with Gasteiger partial charge in [0.1, 0.15) is 23.7 Å². The summed E-state index contributed by atoms with van der Waals surface area (Å²) in [4.78, 5) is 17.4. The molecule has 0 spiro atoms. The number of unbranched alkanes of at least 4 members (excludes halogenated alkanes) is 2. The fraction of sp³-hybridized carbons (Fsp3) is 0.634. The van der Waals surface area contributed by atoms with Crippen molar-refractivity contribution in [2.75, 3.05) is 51.8 Å². The van der Waals surface area contributed by atoms with Gasteiger partial charge in [0.2, 0.25) is 5.79 Å². The molecule has 3 heterocycles. The highest BCUT2D eigenvalue weighted by Crippen LogP contribution is 2.62. The molecule has 2 fully saturated rings. The summed E-state index contributed by atoms with van der Waals surface area (Å²) >= 11 is 1.83. The van der Waals surface area contributed by atoms with Crippen molar-refractivity contribution in [2.45, 2.75) is 94.7 Å². The maximum Gasteiger partial charge on any atom is 0.230 e. The number of rotatable bonds is 20. The molecule has 2 aromatic rings. The largest absolute Gasteiger partial charge is 0.492 e. The molecule has 0 bridgehead atoms. The van der Waals surface area contributed by atoms with E-state index >= 15 is 0 Å². The zero-order valence-corrected chi connectivity index (χ0v) is 32.1. The highest BCUT2D eigenvalue weighted by molar-refractivity contribution is 8.00. The summed E-state index contributed by atoms with van der Waals surface area (Å²) in [5, 5.41) is 24.5. The molecule has 2 aliphatic heterocycles. The normalized spacial score (nSPS) is 27.3. The van der Waals surface area contributed by atoms with E-state index in [0.717, 1.165) is 104 Å². The lowest BCUT2D eigenvalue weighted by Gasteiger charge is -2.58. The number of aliphatic hydroxyl groups excluding tert-OH is 2. The second-order valence-corrected chi connectivity index (χ2v) is 16.8. The van der Waals surface area contributed by atoms with Crippen molar-refractivity contribution in [3.63, 3.8) is 0 Å². The fourth-order valence-electron chi connectivity index (χ4n) is 8.11. The third kappa shape index (κ3) is 9.39. The molecule has 1 aromatic heterocycles. The highest BCUT2D eigenvalue weighted by atomic mass is 32.2. The maximum absolute atomic E-state index is 9.87. The van der Waals surface area contributed by atoms with Crippen LogP contribution >= 0.6 is 11.8 Å². The van der Waals surface area contributed by atoms with Gasteiger partial charge in [0.05, 0.1) is 29.2 Å². The van der Waals surface area contributed by atoms with Crippen molar-refractivity contribution >= 4 is 17.5 Å². The number of hydrogen-bond acceptors (Lipinski definition) is 11. The van der Waals surface area contributed by atoms with Crippen LogP contribution in [-0.2, 0) is 16.0 Å². The SMILES string of the molecule is C=CCOC12Oc3ccc(OCCN4CC4)cc3C3C(CCCCO)C(CCCCO)C=C(C(=NOC(C)(C)C)CC1SCCc1cnccn1)C32. The van der Waals surface area contributed by atoms with Gasteiger partial charge in [0.25, 0.3) is 0 Å². The van der Waals surface area contributed by atoms with Gasteiger partial charge in [-0.1, -0.05) is 30.1 Å². The van der Waals surface area contributed by atoms with E-state index < -0.39 is 11.4 Å². The number of benzene rings is 1. The molecule has 1 saturated heterocycles. The summed E-state index contributed by atoms with van der Waals surface area (Å²) in [5.41, 5.74) is 3.70. The summed E-state index contributed by atoms with van der Waals surface area (Å²) < 4.78 is 20.7. The van der Waals surface area contributed by atoms with Crippen LogP contribution in [0.5, 0.6) is 11.5 Å². The lowest BCUT2D eigenvalue weighted by Crippen LogP contribution is -2.64. The van der Waals surface area contributed by atoms with Crippen molar-refractivity contribution in [2.24, 2.45) is 22.9 Å². The van der Waals surface area contributed by atoms with Gasteiger partial charge in [-0.25, -0.2) is 0 Å². The Hall–Kier alpha value is -2.96. The Morgan fingerprint density at radius 1 is 1.12 bits per heavy atom. The molecule has 284 valence electrons. The second kappa shape index (κ2) is 17.9. The first-order chi connectivity index (χ1) is 25.3. The number of oxime groups is 1. The summed E-state index contributed by atoms with van der Waals surface area (Å²) in [6.45, 7) is 14.7. The number of aliphatic hydroxyl groups is 2. The van der Waals surface area contributed by atoms with E-state index in [1.807, 2.05) is 50.9 Å². The Morgan fingerprint density at radius 2 is 1.92 bits per heavy atom. The number of aryl methyl sites for hydroxylation is 1. The Labute approximate surface area is 314 Å². The van der Waals surface area contributed by atoms with Crippen LogP contribution in [-0.4, -0.2) is 99.2 Å². The van der Waals surface area contributed by atoms with Crippen molar-refractivity contribution in [3.05, 3.63) is 72.4 Å². The molecule has 10 nitrogen and oxygen atoms in total. The standard InChI is InChI=1S/C41H58N4O6S/c1-5-22-49-41-37(52-24-14-30-28-42-15-16-43-30)27-35(44-51-40(2,3)4)33-25-29(10-6-8-20-46)32(11-7-9-21-47)38(39(33)41)34-26-31(12-13-36(34)50-41)48-23-19-45-17-18-45/h5,12-13,15-16,25-26,28-29,32,37-39,46-47H,1,6-11,14,17-24,27H2,2-4H3. The molecule has 0 amide bonds. The predicted octanol–water partition coefficient (Wildman–Crippen LogP) is 6.58. The lowest BCUT2D eigenvalue weighted by molar-refractivity contribution is -0.223. The molecule has 52 heavy (non-hydrogen) atoms. The van der Waals surface area contributed by atoms with Crippen LogP contribution in [0.15, 0.2) is 66.2 Å². The molecule has 1 saturated carbocycles. The average Bonchev–Trinajstić information content (AvgIpc) is 3.96. The van der Waals surface area contributed by atoms with Crippen LogP contribution in [0, 0.1) is 17.8 Å². The van der Waals surface area contributed by atoms with Crippen LogP contribution in [0.1, 0.15) is 82.9 Å². The number of fused-ring (bicyclic) bond motifs is 2. The van der Waals surface area contributed by atoms with Crippen molar-refractivity contribution in [1.82, 2.24) is 14.9 Å². The molecule has 6 unspecified atom stereocenters. The molecule has 11 heteroatoms. The Kier molecular flexibility index (Phi) is 13.3. The fourth-order valence-corrected chi connectivity index (χ4v) is 9.49. The van der Waals surface area contributed by atoms with Crippen molar-refractivity contribution in [1.29, 1.82) is 0 Å². The predicted molar refractivity (Wildman–Crippen MR) is 206 cm³/mol. The van der Waals surface area contributed by atoms with Gasteiger partial charge in [-0.3, -0.25) is 14.9 Å². The Morgan fingerprint density at radius 3 is 2.63 bits per heavy atom. The van der Waals surface area contributed by atoms with Crippen LogP contribution in [0.25, 0.3) is 0 Å². The van der Waals surface area contributed by atoms with Crippen molar-refractivity contribution in [3.8, 4) is 11.5 Å². The third-order valence-corrected chi connectivity index (χ3v) is 11.9. The molecule has 6 rings (SSSR count). The molecular formula is C41H58N4O6S. The van der Waals surface area contributed by atoms with Gasteiger partial charge in [-0.15, -0.1) is 6.58 Å². The minimum atomic E-state index is -1.00. The summed E-state index contributed by atoms with van der Waals surface area (Å²) in [6.07, 6.45) is 16.1. The van der Waals surface area contributed by atoms with Gasteiger partial charge in [-0.2, -0.15) is 11.8 Å². The van der Waals surface area contributed by atoms with Crippen LogP contribution in [0.3, 0.4) is 0 Å². The van der Waals surface area contributed by atoms with E-state index in [9.17, 15) is 10.2 Å². The average molecular weight is 735 g/mol. The molecular weight excluding hydrogens is 677 g/mol. The van der Waals surface area contributed by atoms with E-state index in [4.69, 9.17) is 24.2 Å². The molecule has 4 aliphatic rings. The summed E-state index contributed by atoms with van der Waals surface area (Å²) in [7, 11) is 0. The van der Waals surface area contributed by atoms with E-state index in [1.165, 1.54) is 0 Å². The van der Waals surface area contributed by atoms with Gasteiger partial charge >= 0.3 is 0 Å². The van der Waals surface area contributed by atoms with Gasteiger partial charge in [0, 0.05) is 75.8 Å². The molecule has 1 aromatic carbocycles. The van der Waals surface area contributed by atoms with E-state index in [1.54, 1.807) is 12.4 Å². The number of allylic oxidation sites excluding steroid dienone is 1. The Bertz CT molecular complexity index is 1530. The topological polar surface area (TPSA) is 119 Å². The van der Waals surface area contributed by atoms with Crippen molar-refractivity contribution < 1.29 is 29.3 Å². The first kappa shape index (κ1) is 38.8. The molecule has 2 N–H and O–H groups in total. The summed E-state index contributed by atoms with van der Waals surface area (Å²) in [5.74, 6) is 1.82. The van der Waals surface area contributed by atoms with E-state index in [2.05, 4.69) is 39.7 Å². The first-order valence-electron chi connectivity index (χ1n) is 19.2. The zero-order chi connectivity index (χ0) is 36.6. The van der Waals surface area contributed by atoms with Gasteiger partial charge < -0.3 is 29.3 Å². The Balaban J connectivity index is 1.48. The molecule has 6 atom stereocenters. The van der Waals surface area contributed by atoms with Gasteiger partial charge in [0.15, 0.2) is 0 Å². The zero-order valence-electron chi connectivity index (χ0n) is 31.3. The molecule has 0 radical (unpaired) electrons. The van der Waals surface area contributed by atoms with Crippen LogP contribution in [0.2, 0.25) is 0 Å². The minimum Gasteiger partial charge on any atom is -0.492 e. The number of ether oxygens (including phenoxy) is 3. The number of hydrogen-bond donors (Lipinski definition) is 2. The van der Waals surface area contributed by atoms with Crippen LogP contribution in [0.4, 0.5) is 0 Å². The number of thioether (sulfide) groups is 1. The minimum absolute atomic E-state index is 0.0327. The maximum atomic E-state index is 9.87. The smallest absolute Gasteiger partial charge is 0.230 e. The first-order valence-corrected chi connectivity index (χ1v) is 20.3. The number of aromatic nitrogens is 2. The highest BCUT2D eigenvalue weighted by Gasteiger charge is 2.64. The lowest BCUT2D eigenvalue weighted by atomic mass is 9.56. The van der Waals surface area contributed by atoms with E-state index in [-0.39, 0.29) is 42.1 Å². The van der Waals surface area contributed by atoms with Gasteiger partial charge in [-0.05, 0) is 87.8 Å². The van der Waals surface area contributed by atoms with Crippen LogP contribution < -0.4 is 9.47 Å². The number of nitrogens with zero attached hydrogens (tertiary/aromatic N) is 4. The summed E-state index contributed by atoms with van der Waals surface area (Å²) in [6, 6.07) is 6.32. The third-order valence-electron chi connectivity index (χ3n) is 10.6. The second-order valence-electron chi connectivity index (χ2n) is 15.5. The van der Waals surface area contributed by atoms with E-state index in [0.29, 0.717) is 19.6 Å². The quantitative estimate of drug-likeness (QED) is 0.0669. The monoisotopic (exact) mass is 734 g/mol. The molecule has 2 aliphatic carbocycles.